The topological polar surface area (TPSA) is 29.9 Å². The quantitative estimate of drug-likeness (QED) is 0.818. The van der Waals surface area contributed by atoms with E-state index in [-0.39, 0.29) is 0 Å². The maximum atomic E-state index is 4.59. The molecule has 1 aliphatic carbocycles. The van der Waals surface area contributed by atoms with E-state index < -0.39 is 0 Å². The van der Waals surface area contributed by atoms with Crippen LogP contribution in [0.25, 0.3) is 10.9 Å². The molecule has 3 rings (SSSR count). The molecule has 1 aromatic heterocycles. The summed E-state index contributed by atoms with van der Waals surface area (Å²) in [5, 5.41) is 9.40. The van der Waals surface area contributed by atoms with Crippen molar-refractivity contribution in [2.24, 2.45) is 13.0 Å². The summed E-state index contributed by atoms with van der Waals surface area (Å²) in [5.41, 5.74) is 2.38. The Morgan fingerprint density at radius 1 is 1.33 bits per heavy atom. The molecule has 18 heavy (non-hydrogen) atoms. The van der Waals surface area contributed by atoms with E-state index in [2.05, 4.69) is 34.7 Å². The second-order valence-corrected chi connectivity index (χ2v) is 5.35. The highest BCUT2D eigenvalue weighted by atomic mass is 15.3. The molecule has 1 heterocycles. The molecule has 0 spiro atoms. The van der Waals surface area contributed by atoms with Crippen molar-refractivity contribution in [3.05, 3.63) is 30.0 Å². The molecule has 0 amide bonds. The standard InChI is InChI=1S/C15H21N3/c1-18-15-8-3-2-7-13(15)14(17-18)11-16-10-9-12-5-4-6-12/h2-3,7-8,12,16H,4-6,9-11H2,1H3. The summed E-state index contributed by atoms with van der Waals surface area (Å²) in [5.74, 6) is 0.984. The highest BCUT2D eigenvalue weighted by molar-refractivity contribution is 5.81. The molecular weight excluding hydrogens is 222 g/mol. The zero-order chi connectivity index (χ0) is 12.4. The van der Waals surface area contributed by atoms with E-state index in [0.717, 1.165) is 19.0 Å². The Balaban J connectivity index is 1.60. The van der Waals surface area contributed by atoms with E-state index in [4.69, 9.17) is 0 Å². The lowest BCUT2D eigenvalue weighted by atomic mass is 9.83. The van der Waals surface area contributed by atoms with Crippen molar-refractivity contribution in [1.82, 2.24) is 15.1 Å². The monoisotopic (exact) mass is 243 g/mol. The largest absolute Gasteiger partial charge is 0.311 e. The average molecular weight is 243 g/mol. The lowest BCUT2D eigenvalue weighted by Gasteiger charge is -2.25. The number of aryl methyl sites for hydroxylation is 1. The van der Waals surface area contributed by atoms with Crippen LogP contribution < -0.4 is 5.32 Å². The fourth-order valence-electron chi connectivity index (χ4n) is 2.71. The molecule has 0 saturated heterocycles. The number of fused-ring (bicyclic) bond motifs is 1. The number of para-hydroxylation sites is 1. The number of nitrogens with one attached hydrogen (secondary N) is 1. The highest BCUT2D eigenvalue weighted by Gasteiger charge is 2.16. The van der Waals surface area contributed by atoms with E-state index in [1.807, 2.05) is 11.7 Å². The predicted molar refractivity (Wildman–Crippen MR) is 74.4 cm³/mol. The molecule has 1 fully saturated rings. The van der Waals surface area contributed by atoms with E-state index in [1.54, 1.807) is 0 Å². The summed E-state index contributed by atoms with van der Waals surface area (Å²) in [7, 11) is 2.01. The second kappa shape index (κ2) is 5.11. The molecule has 0 aliphatic heterocycles. The SMILES string of the molecule is Cn1nc(CNCCC2CCC2)c2ccccc21. The fourth-order valence-corrected chi connectivity index (χ4v) is 2.71. The zero-order valence-corrected chi connectivity index (χ0v) is 11.0. The van der Waals surface area contributed by atoms with Crippen LogP contribution in [0.2, 0.25) is 0 Å². The zero-order valence-electron chi connectivity index (χ0n) is 11.0. The first-order valence-electron chi connectivity index (χ1n) is 6.96. The Labute approximate surface area is 108 Å². The first kappa shape index (κ1) is 11.7. The van der Waals surface area contributed by atoms with Crippen molar-refractivity contribution >= 4 is 10.9 Å². The van der Waals surface area contributed by atoms with Gasteiger partial charge in [-0.1, -0.05) is 37.5 Å². The van der Waals surface area contributed by atoms with Crippen LogP contribution in [0.1, 0.15) is 31.4 Å². The van der Waals surface area contributed by atoms with E-state index in [0.29, 0.717) is 0 Å². The van der Waals surface area contributed by atoms with Gasteiger partial charge in [-0.2, -0.15) is 5.10 Å². The fraction of sp³-hybridized carbons (Fsp3) is 0.533. The summed E-state index contributed by atoms with van der Waals surface area (Å²) in [6.07, 6.45) is 5.64. The Bertz CT molecular complexity index is 526. The second-order valence-electron chi connectivity index (χ2n) is 5.35. The molecule has 0 bridgehead atoms. The van der Waals surface area contributed by atoms with E-state index in [1.165, 1.54) is 42.3 Å². The first-order valence-corrected chi connectivity index (χ1v) is 6.96. The van der Waals surface area contributed by atoms with Crippen LogP contribution in [0, 0.1) is 5.92 Å². The Hall–Kier alpha value is -1.35. The third-order valence-electron chi connectivity index (χ3n) is 4.08. The molecule has 1 aliphatic rings. The van der Waals surface area contributed by atoms with Crippen molar-refractivity contribution in [2.75, 3.05) is 6.54 Å². The van der Waals surface area contributed by atoms with Gasteiger partial charge in [0.05, 0.1) is 11.2 Å². The predicted octanol–water partition coefficient (Wildman–Crippen LogP) is 2.85. The lowest BCUT2D eigenvalue weighted by Crippen LogP contribution is -2.21. The lowest BCUT2D eigenvalue weighted by molar-refractivity contribution is 0.292. The van der Waals surface area contributed by atoms with E-state index in [9.17, 15) is 0 Å². The van der Waals surface area contributed by atoms with Gasteiger partial charge in [0.2, 0.25) is 0 Å². The van der Waals surface area contributed by atoms with Crippen LogP contribution in [0.15, 0.2) is 24.3 Å². The molecule has 0 atom stereocenters. The summed E-state index contributed by atoms with van der Waals surface area (Å²) >= 11 is 0. The molecule has 0 radical (unpaired) electrons. The minimum atomic E-state index is 0.883. The smallest absolute Gasteiger partial charge is 0.0841 e. The third kappa shape index (κ3) is 2.27. The summed E-state index contributed by atoms with van der Waals surface area (Å²) < 4.78 is 1.97. The molecule has 96 valence electrons. The van der Waals surface area contributed by atoms with Gasteiger partial charge < -0.3 is 5.32 Å². The van der Waals surface area contributed by atoms with Crippen LogP contribution >= 0.6 is 0 Å². The average Bonchev–Trinajstić information content (AvgIpc) is 2.65. The Morgan fingerprint density at radius 3 is 2.94 bits per heavy atom. The number of benzene rings is 1. The number of hydrogen-bond donors (Lipinski definition) is 1. The van der Waals surface area contributed by atoms with Crippen LogP contribution in [0.4, 0.5) is 0 Å². The number of nitrogens with zero attached hydrogens (tertiary/aromatic N) is 2. The van der Waals surface area contributed by atoms with Crippen LogP contribution in [-0.4, -0.2) is 16.3 Å². The van der Waals surface area contributed by atoms with Gasteiger partial charge in [-0.05, 0) is 24.9 Å². The minimum Gasteiger partial charge on any atom is -0.311 e. The van der Waals surface area contributed by atoms with Crippen molar-refractivity contribution in [1.29, 1.82) is 0 Å². The summed E-state index contributed by atoms with van der Waals surface area (Å²) in [6, 6.07) is 8.44. The molecule has 1 saturated carbocycles. The van der Waals surface area contributed by atoms with Crippen LogP contribution in [0.3, 0.4) is 0 Å². The van der Waals surface area contributed by atoms with Crippen LogP contribution in [0.5, 0.6) is 0 Å². The summed E-state index contributed by atoms with van der Waals surface area (Å²) in [4.78, 5) is 0. The Morgan fingerprint density at radius 2 is 2.17 bits per heavy atom. The number of rotatable bonds is 5. The van der Waals surface area contributed by atoms with Crippen molar-refractivity contribution in [2.45, 2.75) is 32.2 Å². The molecule has 1 aromatic carbocycles. The Kier molecular flexibility index (Phi) is 3.33. The number of aromatic nitrogens is 2. The van der Waals surface area contributed by atoms with E-state index >= 15 is 0 Å². The molecule has 3 heteroatoms. The van der Waals surface area contributed by atoms with Gasteiger partial charge in [0.25, 0.3) is 0 Å². The summed E-state index contributed by atoms with van der Waals surface area (Å²) in [6.45, 7) is 2.00. The van der Waals surface area contributed by atoms with Gasteiger partial charge in [-0.3, -0.25) is 4.68 Å². The van der Waals surface area contributed by atoms with Gasteiger partial charge >= 0.3 is 0 Å². The van der Waals surface area contributed by atoms with Crippen LogP contribution in [-0.2, 0) is 13.6 Å². The first-order chi connectivity index (χ1) is 8.84. The van der Waals surface area contributed by atoms with Crippen molar-refractivity contribution in [3.8, 4) is 0 Å². The highest BCUT2D eigenvalue weighted by Crippen LogP contribution is 2.28. The molecule has 0 unspecified atom stereocenters. The number of hydrogen-bond acceptors (Lipinski definition) is 2. The minimum absolute atomic E-state index is 0.883. The van der Waals surface area contributed by atoms with Crippen molar-refractivity contribution < 1.29 is 0 Å². The van der Waals surface area contributed by atoms with Gasteiger partial charge in [-0.15, -0.1) is 0 Å². The normalized spacial score (nSPS) is 16.1. The van der Waals surface area contributed by atoms with Gasteiger partial charge in [0, 0.05) is 19.0 Å². The van der Waals surface area contributed by atoms with Crippen molar-refractivity contribution in [3.63, 3.8) is 0 Å². The maximum Gasteiger partial charge on any atom is 0.0841 e. The maximum absolute atomic E-state index is 4.59. The third-order valence-corrected chi connectivity index (χ3v) is 4.08. The molecule has 2 aromatic rings. The van der Waals surface area contributed by atoms with Gasteiger partial charge in [0.1, 0.15) is 0 Å². The molecular formula is C15H21N3. The van der Waals surface area contributed by atoms with Gasteiger partial charge in [-0.25, -0.2) is 0 Å². The molecule has 3 nitrogen and oxygen atoms in total. The van der Waals surface area contributed by atoms with Gasteiger partial charge in [0.15, 0.2) is 0 Å². The molecule has 1 N–H and O–H groups in total.